The second-order valence-electron chi connectivity index (χ2n) is 11.6. The predicted octanol–water partition coefficient (Wildman–Crippen LogP) is 7.28. The lowest BCUT2D eigenvalue weighted by molar-refractivity contribution is -0.139. The van der Waals surface area contributed by atoms with Crippen LogP contribution in [0, 0.1) is 0 Å². The number of anilines is 1. The number of carboxylic acids is 1. The molecular weight excluding hydrogens is 516 g/mol. The highest BCUT2D eigenvalue weighted by Crippen LogP contribution is 2.44. The van der Waals surface area contributed by atoms with Crippen LogP contribution in [0.5, 0.6) is 0 Å². The fourth-order valence-electron chi connectivity index (χ4n) is 5.85. The monoisotopic (exact) mass is 562 g/mol. The van der Waals surface area contributed by atoms with Crippen LogP contribution in [-0.2, 0) is 15.1 Å². The molecule has 2 atom stereocenters. The summed E-state index contributed by atoms with van der Waals surface area (Å²) in [4.78, 5) is 54.7. The molecule has 0 saturated carbocycles. The van der Waals surface area contributed by atoms with Gasteiger partial charge in [-0.2, -0.15) is 0 Å². The molecule has 0 spiro atoms. The molecule has 1 amide bonds. The highest BCUT2D eigenvalue weighted by atomic mass is 16.4. The minimum Gasteiger partial charge on any atom is -0.481 e. The van der Waals surface area contributed by atoms with E-state index in [1.165, 1.54) is 0 Å². The van der Waals surface area contributed by atoms with E-state index in [0.717, 1.165) is 50.5 Å². The van der Waals surface area contributed by atoms with Crippen molar-refractivity contribution in [3.8, 4) is 0 Å². The summed E-state index contributed by atoms with van der Waals surface area (Å²) in [5.74, 6) is -3.46. The van der Waals surface area contributed by atoms with Crippen LogP contribution < -0.4 is 11.1 Å². The summed E-state index contributed by atoms with van der Waals surface area (Å²) in [7, 11) is 0. The molecule has 3 rings (SSSR count). The van der Waals surface area contributed by atoms with Gasteiger partial charge in [-0.1, -0.05) is 109 Å². The minimum absolute atomic E-state index is 0.0782. The van der Waals surface area contributed by atoms with Gasteiger partial charge in [0.05, 0.1) is 11.5 Å². The van der Waals surface area contributed by atoms with Gasteiger partial charge in [0, 0.05) is 17.7 Å². The zero-order valence-electron chi connectivity index (χ0n) is 25.1. The third-order valence-electron chi connectivity index (χ3n) is 8.25. The molecule has 1 aliphatic carbocycles. The van der Waals surface area contributed by atoms with Crippen LogP contribution in [-0.4, -0.2) is 28.5 Å². The van der Waals surface area contributed by atoms with Crippen LogP contribution in [0.4, 0.5) is 5.69 Å². The Morgan fingerprint density at radius 2 is 1.56 bits per heavy atom. The second kappa shape index (κ2) is 14.4. The number of ketones is 2. The Morgan fingerprint density at radius 3 is 2.17 bits per heavy atom. The maximum Gasteiger partial charge on any atom is 0.310 e. The lowest BCUT2D eigenvalue weighted by atomic mass is 9.76. The fourth-order valence-corrected chi connectivity index (χ4v) is 5.85. The third kappa shape index (κ3) is 6.88. The van der Waals surface area contributed by atoms with Gasteiger partial charge in [-0.15, -0.1) is 0 Å². The number of nitrogens with one attached hydrogen (secondary N) is 1. The molecule has 7 heteroatoms. The van der Waals surface area contributed by atoms with Crippen molar-refractivity contribution in [1.82, 2.24) is 5.32 Å². The number of nitrogens with two attached hydrogens (primary N) is 1. The molecule has 2 aromatic carbocycles. The predicted molar refractivity (Wildman–Crippen MR) is 162 cm³/mol. The van der Waals surface area contributed by atoms with Crippen LogP contribution in [0.25, 0.3) is 0 Å². The Bertz CT molecular complexity index is 1270. The van der Waals surface area contributed by atoms with Gasteiger partial charge in [0.2, 0.25) is 17.5 Å². The van der Waals surface area contributed by atoms with Crippen molar-refractivity contribution >= 4 is 29.1 Å². The number of aliphatic carboxylic acids is 1. The first-order valence-corrected chi connectivity index (χ1v) is 15.3. The molecule has 0 radical (unpaired) electrons. The molecule has 0 fully saturated rings. The van der Waals surface area contributed by atoms with Gasteiger partial charge >= 0.3 is 5.97 Å². The molecule has 0 bridgehead atoms. The van der Waals surface area contributed by atoms with Crippen molar-refractivity contribution in [2.45, 2.75) is 116 Å². The molecule has 0 saturated heterocycles. The minimum atomic E-state index is -2.07. The number of amides is 1. The first-order valence-electron chi connectivity index (χ1n) is 15.3. The van der Waals surface area contributed by atoms with Crippen LogP contribution in [0.3, 0.4) is 0 Å². The van der Waals surface area contributed by atoms with E-state index in [2.05, 4.69) is 19.2 Å². The number of hydrogen-bond acceptors (Lipinski definition) is 5. The lowest BCUT2D eigenvalue weighted by Crippen LogP contribution is -2.54. The van der Waals surface area contributed by atoms with E-state index in [0.29, 0.717) is 24.8 Å². The summed E-state index contributed by atoms with van der Waals surface area (Å²) < 4.78 is 0. The molecule has 7 nitrogen and oxygen atoms in total. The highest BCUT2D eigenvalue weighted by Gasteiger charge is 2.57. The summed E-state index contributed by atoms with van der Waals surface area (Å²) >= 11 is 0. The lowest BCUT2D eigenvalue weighted by Gasteiger charge is -2.32. The quantitative estimate of drug-likeness (QED) is 0.112. The first kappa shape index (κ1) is 32.0. The summed E-state index contributed by atoms with van der Waals surface area (Å²) in [6.07, 6.45) is 8.80. The van der Waals surface area contributed by atoms with Crippen molar-refractivity contribution in [1.29, 1.82) is 0 Å². The Morgan fingerprint density at radius 1 is 0.902 bits per heavy atom. The van der Waals surface area contributed by atoms with Crippen molar-refractivity contribution in [2.75, 3.05) is 5.73 Å². The summed E-state index contributed by atoms with van der Waals surface area (Å²) in [5, 5.41) is 13.3. The Balaban J connectivity index is 2.17. The Kier molecular flexibility index (Phi) is 11.3. The number of nitrogen functional groups attached to an aromatic ring is 1. The van der Waals surface area contributed by atoms with E-state index in [1.807, 2.05) is 26.0 Å². The zero-order valence-corrected chi connectivity index (χ0v) is 25.1. The number of carboxylic acid groups (broad SMARTS) is 1. The Hall–Kier alpha value is -3.48. The topological polar surface area (TPSA) is 127 Å². The van der Waals surface area contributed by atoms with E-state index < -0.39 is 34.9 Å². The van der Waals surface area contributed by atoms with Gasteiger partial charge in [-0.25, -0.2) is 0 Å². The maximum absolute atomic E-state index is 14.3. The maximum atomic E-state index is 14.3. The Labute approximate surface area is 244 Å². The van der Waals surface area contributed by atoms with Gasteiger partial charge < -0.3 is 16.2 Å². The number of benzene rings is 2. The number of fused-ring (bicyclic) bond motifs is 1. The fraction of sp³-hybridized carbons (Fsp3) is 0.529. The van der Waals surface area contributed by atoms with E-state index in [1.54, 1.807) is 24.3 Å². The van der Waals surface area contributed by atoms with Crippen LogP contribution in [0.1, 0.15) is 148 Å². The third-order valence-corrected chi connectivity index (χ3v) is 8.25. The van der Waals surface area contributed by atoms with Crippen molar-refractivity contribution in [3.63, 3.8) is 0 Å². The number of hydrogen-bond donors (Lipinski definition) is 3. The highest BCUT2D eigenvalue weighted by molar-refractivity contribution is 6.35. The van der Waals surface area contributed by atoms with Gasteiger partial charge in [-0.05, 0) is 41.5 Å². The van der Waals surface area contributed by atoms with Crippen LogP contribution >= 0.6 is 0 Å². The standard InChI is InChI=1S/C34H46N2O5/c1-5-7-9-11-13-18-29(37)36-34(31(38)25-16-14-17-28(35)30(25)32(34)39)27-20-19-23(22(3)4)21-26(27)24(33(40)41)15-12-10-8-6-2/h14,16-17,19-22,24H,5-13,15,18,35H2,1-4H3,(H,36,37)(H,40,41). The number of rotatable bonds is 16. The average molecular weight is 563 g/mol. The number of unbranched alkanes of at least 4 members (excludes halogenated alkanes) is 7. The summed E-state index contributed by atoms with van der Waals surface area (Å²) in [6, 6.07) is 10.0. The summed E-state index contributed by atoms with van der Waals surface area (Å²) in [6.45, 7) is 8.23. The van der Waals surface area contributed by atoms with E-state index in [-0.39, 0.29) is 34.7 Å². The van der Waals surface area contributed by atoms with Gasteiger partial charge in [0.15, 0.2) is 5.54 Å². The van der Waals surface area contributed by atoms with Crippen molar-refractivity contribution < 1.29 is 24.3 Å². The number of Topliss-reactive ketones (excluding diaryl/α,β-unsaturated/α-hetero) is 2. The average Bonchev–Trinajstić information content (AvgIpc) is 3.15. The molecule has 2 aromatic rings. The molecule has 222 valence electrons. The van der Waals surface area contributed by atoms with E-state index in [9.17, 15) is 24.3 Å². The van der Waals surface area contributed by atoms with Gasteiger partial charge in [0.25, 0.3) is 0 Å². The van der Waals surface area contributed by atoms with Crippen molar-refractivity contribution in [3.05, 3.63) is 64.2 Å². The normalized spacial score (nSPS) is 17.1. The number of carbonyl (C=O) groups excluding carboxylic acids is 3. The van der Waals surface area contributed by atoms with Crippen LogP contribution in [0.15, 0.2) is 36.4 Å². The zero-order chi connectivity index (χ0) is 30.2. The molecule has 0 aliphatic heterocycles. The molecule has 41 heavy (non-hydrogen) atoms. The molecular formula is C34H46N2O5. The second-order valence-corrected chi connectivity index (χ2v) is 11.6. The van der Waals surface area contributed by atoms with Crippen molar-refractivity contribution in [2.24, 2.45) is 0 Å². The molecule has 2 unspecified atom stereocenters. The van der Waals surface area contributed by atoms with Crippen LogP contribution in [0.2, 0.25) is 0 Å². The SMILES string of the molecule is CCCCCCCC(=O)NC1(c2ccc(C(C)C)cc2C(CCCCCC)C(=O)O)C(=O)c2cccc(N)c2C1=O. The van der Waals surface area contributed by atoms with Gasteiger partial charge in [-0.3, -0.25) is 19.2 Å². The molecule has 0 aromatic heterocycles. The molecule has 1 aliphatic rings. The van der Waals surface area contributed by atoms with E-state index >= 15 is 0 Å². The molecule has 4 N–H and O–H groups in total. The summed E-state index contributed by atoms with van der Waals surface area (Å²) in [5.41, 5.74) is 6.05. The largest absolute Gasteiger partial charge is 0.481 e. The molecule has 0 heterocycles. The smallest absolute Gasteiger partial charge is 0.310 e. The van der Waals surface area contributed by atoms with Gasteiger partial charge in [0.1, 0.15) is 0 Å². The van der Waals surface area contributed by atoms with E-state index in [4.69, 9.17) is 5.73 Å². The number of carbonyl (C=O) groups is 4. The first-order chi connectivity index (χ1) is 19.6.